The number of hydrogen-bond acceptors (Lipinski definition) is 1. The molecule has 0 unspecified atom stereocenters. The zero-order valence-electron chi connectivity index (χ0n) is 8.91. The van der Waals surface area contributed by atoms with Crippen molar-refractivity contribution in [1.29, 1.82) is 0 Å². The van der Waals surface area contributed by atoms with Crippen LogP contribution in [0.1, 0.15) is 33.8 Å². The van der Waals surface area contributed by atoms with E-state index in [0.29, 0.717) is 0 Å². The van der Waals surface area contributed by atoms with Gasteiger partial charge in [0.05, 0.1) is 5.52 Å². The van der Waals surface area contributed by atoms with E-state index < -0.39 is 0 Å². The molecule has 80 valence electrons. The normalized spacial score (nSPS) is 11.1. The van der Waals surface area contributed by atoms with E-state index in [0.717, 1.165) is 5.52 Å². The molecular formula is C14H19N. The van der Waals surface area contributed by atoms with Crippen LogP contribution >= 0.6 is 0 Å². The molecule has 0 spiro atoms. The molecule has 0 saturated carbocycles. The van der Waals surface area contributed by atoms with E-state index in [9.17, 15) is 0 Å². The van der Waals surface area contributed by atoms with Crippen molar-refractivity contribution >= 4 is 10.9 Å². The molecule has 0 fully saturated rings. The summed E-state index contributed by atoms with van der Waals surface area (Å²) < 4.78 is 0. The standard InChI is InChI=1S/C13H15N.CH4/c1-13(2,3)11-7-4-8-12-10(11)6-5-9-14-12;/h4-9H,1-3H3;1H4. The smallest absolute Gasteiger partial charge is 0.0704 e. The molecule has 1 heteroatoms. The van der Waals surface area contributed by atoms with Gasteiger partial charge >= 0.3 is 0 Å². The van der Waals surface area contributed by atoms with Crippen LogP contribution in [-0.4, -0.2) is 4.98 Å². The minimum absolute atomic E-state index is 0. The fourth-order valence-electron chi connectivity index (χ4n) is 1.76. The Hall–Kier alpha value is -1.37. The lowest BCUT2D eigenvalue weighted by molar-refractivity contribution is 0.596. The Labute approximate surface area is 92.2 Å². The van der Waals surface area contributed by atoms with Crippen molar-refractivity contribution in [2.75, 3.05) is 0 Å². The van der Waals surface area contributed by atoms with Gasteiger partial charge in [-0.3, -0.25) is 4.98 Å². The molecule has 1 aromatic heterocycles. The number of nitrogens with zero attached hydrogens (tertiary/aromatic N) is 1. The maximum atomic E-state index is 4.36. The van der Waals surface area contributed by atoms with Gasteiger partial charge < -0.3 is 0 Å². The fraction of sp³-hybridized carbons (Fsp3) is 0.357. The molecule has 2 rings (SSSR count). The molecule has 0 bridgehead atoms. The largest absolute Gasteiger partial charge is 0.256 e. The number of aromatic nitrogens is 1. The van der Waals surface area contributed by atoms with Gasteiger partial charge in [0, 0.05) is 11.6 Å². The van der Waals surface area contributed by atoms with Crippen LogP contribution in [0, 0.1) is 0 Å². The van der Waals surface area contributed by atoms with Crippen LogP contribution in [0.3, 0.4) is 0 Å². The number of rotatable bonds is 0. The Balaban J connectivity index is 0.00000112. The van der Waals surface area contributed by atoms with Crippen molar-refractivity contribution in [3.05, 3.63) is 42.1 Å². The highest BCUT2D eigenvalue weighted by Gasteiger charge is 2.16. The second kappa shape index (κ2) is 4.01. The molecule has 0 N–H and O–H groups in total. The number of benzene rings is 1. The van der Waals surface area contributed by atoms with Crippen LogP contribution in [0.5, 0.6) is 0 Å². The minimum atomic E-state index is 0. The lowest BCUT2D eigenvalue weighted by atomic mass is 9.84. The Morgan fingerprint density at radius 1 is 1.00 bits per heavy atom. The molecule has 0 saturated heterocycles. The van der Waals surface area contributed by atoms with E-state index in [1.165, 1.54) is 10.9 Å². The quantitative estimate of drug-likeness (QED) is 0.623. The van der Waals surface area contributed by atoms with Crippen molar-refractivity contribution in [1.82, 2.24) is 4.98 Å². The lowest BCUT2D eigenvalue weighted by Gasteiger charge is -2.20. The van der Waals surface area contributed by atoms with Crippen molar-refractivity contribution in [2.24, 2.45) is 0 Å². The second-order valence-electron chi connectivity index (χ2n) is 4.63. The highest BCUT2D eigenvalue weighted by molar-refractivity contribution is 5.82. The van der Waals surface area contributed by atoms with Gasteiger partial charge in [-0.05, 0) is 23.1 Å². The summed E-state index contributed by atoms with van der Waals surface area (Å²) in [5.41, 5.74) is 2.63. The average molecular weight is 201 g/mol. The van der Waals surface area contributed by atoms with Crippen molar-refractivity contribution in [3.8, 4) is 0 Å². The van der Waals surface area contributed by atoms with Crippen LogP contribution in [0.25, 0.3) is 10.9 Å². The van der Waals surface area contributed by atoms with Gasteiger partial charge in [0.15, 0.2) is 0 Å². The first-order valence-electron chi connectivity index (χ1n) is 4.93. The molecule has 15 heavy (non-hydrogen) atoms. The highest BCUT2D eigenvalue weighted by Crippen LogP contribution is 2.28. The third-order valence-corrected chi connectivity index (χ3v) is 2.45. The molecule has 1 nitrogen and oxygen atoms in total. The van der Waals surface area contributed by atoms with Gasteiger partial charge in [0.25, 0.3) is 0 Å². The van der Waals surface area contributed by atoms with Crippen molar-refractivity contribution < 1.29 is 0 Å². The third kappa shape index (κ3) is 2.17. The fourth-order valence-corrected chi connectivity index (χ4v) is 1.76. The summed E-state index contributed by atoms with van der Waals surface area (Å²) in [4.78, 5) is 4.36. The molecule has 0 aliphatic carbocycles. The van der Waals surface area contributed by atoms with Crippen molar-refractivity contribution in [2.45, 2.75) is 33.6 Å². The van der Waals surface area contributed by atoms with E-state index in [1.54, 1.807) is 0 Å². The zero-order valence-corrected chi connectivity index (χ0v) is 8.91. The molecule has 0 radical (unpaired) electrons. The minimum Gasteiger partial charge on any atom is -0.256 e. The van der Waals surface area contributed by atoms with Gasteiger partial charge in [-0.25, -0.2) is 0 Å². The van der Waals surface area contributed by atoms with Gasteiger partial charge in [-0.15, -0.1) is 0 Å². The topological polar surface area (TPSA) is 12.9 Å². The van der Waals surface area contributed by atoms with Crippen molar-refractivity contribution in [3.63, 3.8) is 0 Å². The van der Waals surface area contributed by atoms with E-state index in [2.05, 4.69) is 50.0 Å². The van der Waals surface area contributed by atoms with Crippen LogP contribution in [0.15, 0.2) is 36.5 Å². The third-order valence-electron chi connectivity index (χ3n) is 2.45. The SMILES string of the molecule is C.CC(C)(C)c1cccc2ncccc12. The van der Waals surface area contributed by atoms with Gasteiger partial charge in [-0.2, -0.15) is 0 Å². The molecule has 2 aromatic rings. The molecule has 0 amide bonds. The maximum absolute atomic E-state index is 4.36. The summed E-state index contributed by atoms with van der Waals surface area (Å²) in [6.07, 6.45) is 1.84. The summed E-state index contributed by atoms with van der Waals surface area (Å²) in [6, 6.07) is 10.5. The van der Waals surface area contributed by atoms with E-state index in [4.69, 9.17) is 0 Å². The van der Waals surface area contributed by atoms with E-state index in [-0.39, 0.29) is 12.8 Å². The number of hydrogen-bond donors (Lipinski definition) is 0. The van der Waals surface area contributed by atoms with E-state index in [1.807, 2.05) is 12.3 Å². The maximum Gasteiger partial charge on any atom is 0.0704 e. The molecule has 1 aromatic carbocycles. The second-order valence-corrected chi connectivity index (χ2v) is 4.63. The van der Waals surface area contributed by atoms with Crippen LogP contribution in [0.2, 0.25) is 0 Å². The Kier molecular flexibility index (Phi) is 3.13. The molecular weight excluding hydrogens is 182 g/mol. The van der Waals surface area contributed by atoms with Crippen LogP contribution < -0.4 is 0 Å². The lowest BCUT2D eigenvalue weighted by Crippen LogP contribution is -2.11. The Morgan fingerprint density at radius 2 is 1.73 bits per heavy atom. The van der Waals surface area contributed by atoms with E-state index >= 15 is 0 Å². The van der Waals surface area contributed by atoms with Crippen LogP contribution in [0.4, 0.5) is 0 Å². The predicted octanol–water partition coefficient (Wildman–Crippen LogP) is 4.17. The zero-order chi connectivity index (χ0) is 10.2. The summed E-state index contributed by atoms with van der Waals surface area (Å²) in [5.74, 6) is 0. The first kappa shape index (κ1) is 11.7. The molecule has 0 atom stereocenters. The van der Waals surface area contributed by atoms with Crippen LogP contribution in [-0.2, 0) is 5.41 Å². The molecule has 0 aliphatic heterocycles. The monoisotopic (exact) mass is 201 g/mol. The van der Waals surface area contributed by atoms with Gasteiger partial charge in [-0.1, -0.05) is 46.4 Å². The first-order valence-corrected chi connectivity index (χ1v) is 4.93. The predicted molar refractivity (Wildman–Crippen MR) is 67.2 cm³/mol. The average Bonchev–Trinajstić information content (AvgIpc) is 2.15. The Bertz CT molecular complexity index is 447. The summed E-state index contributed by atoms with van der Waals surface area (Å²) in [7, 11) is 0. The summed E-state index contributed by atoms with van der Waals surface area (Å²) in [6.45, 7) is 6.69. The van der Waals surface area contributed by atoms with Gasteiger partial charge in [0.2, 0.25) is 0 Å². The number of fused-ring (bicyclic) bond motifs is 1. The summed E-state index contributed by atoms with van der Waals surface area (Å²) in [5, 5.41) is 1.27. The molecule has 1 heterocycles. The highest BCUT2D eigenvalue weighted by atomic mass is 14.6. The first-order chi connectivity index (χ1) is 6.59. The summed E-state index contributed by atoms with van der Waals surface area (Å²) >= 11 is 0. The van der Waals surface area contributed by atoms with Gasteiger partial charge in [0.1, 0.15) is 0 Å². The molecule has 0 aliphatic rings. The Morgan fingerprint density at radius 3 is 2.40 bits per heavy atom. The number of pyridine rings is 1.